The highest BCUT2D eigenvalue weighted by atomic mass is 16.2. The van der Waals surface area contributed by atoms with Crippen LogP contribution in [0.15, 0.2) is 24.3 Å². The minimum atomic E-state index is -0.349. The van der Waals surface area contributed by atoms with E-state index in [-0.39, 0.29) is 11.8 Å². The Balaban J connectivity index is 2.38. The van der Waals surface area contributed by atoms with Crippen LogP contribution in [0.25, 0.3) is 0 Å². The molecule has 0 saturated heterocycles. The number of benzene rings is 1. The van der Waals surface area contributed by atoms with Gasteiger partial charge in [0.2, 0.25) is 5.91 Å². The van der Waals surface area contributed by atoms with Crippen molar-refractivity contribution in [3.8, 4) is 0 Å². The van der Waals surface area contributed by atoms with Gasteiger partial charge in [0, 0.05) is 31.3 Å². The van der Waals surface area contributed by atoms with Crippen molar-refractivity contribution in [2.45, 2.75) is 12.8 Å². The van der Waals surface area contributed by atoms with Crippen molar-refractivity contribution in [1.29, 1.82) is 0 Å². The Bertz CT molecular complexity index is 387. The summed E-state index contributed by atoms with van der Waals surface area (Å²) in [7, 11) is 1.82. The normalized spacial score (nSPS) is 9.71. The first-order valence-electron chi connectivity index (χ1n) is 5.48. The molecule has 0 aliphatic heterocycles. The van der Waals surface area contributed by atoms with E-state index < -0.39 is 0 Å². The molecule has 0 radical (unpaired) electrons. The number of anilines is 1. The van der Waals surface area contributed by atoms with E-state index >= 15 is 0 Å². The van der Waals surface area contributed by atoms with Gasteiger partial charge >= 0.3 is 0 Å². The van der Waals surface area contributed by atoms with Crippen LogP contribution in [0.2, 0.25) is 0 Å². The van der Waals surface area contributed by atoms with Gasteiger partial charge in [-0.25, -0.2) is 0 Å². The molecular formula is C12H17N3O2. The molecule has 5 heteroatoms. The van der Waals surface area contributed by atoms with Crippen molar-refractivity contribution in [2.75, 3.05) is 18.9 Å². The average Bonchev–Trinajstić information content (AvgIpc) is 2.34. The molecule has 92 valence electrons. The summed E-state index contributed by atoms with van der Waals surface area (Å²) in [6, 6.07) is 7.15. The molecule has 0 aromatic heterocycles. The van der Waals surface area contributed by atoms with Gasteiger partial charge in [-0.2, -0.15) is 0 Å². The van der Waals surface area contributed by atoms with E-state index in [9.17, 15) is 9.59 Å². The number of amides is 2. The van der Waals surface area contributed by atoms with Crippen molar-refractivity contribution in [1.82, 2.24) is 5.32 Å². The van der Waals surface area contributed by atoms with Crippen LogP contribution >= 0.6 is 0 Å². The summed E-state index contributed by atoms with van der Waals surface area (Å²) in [6.07, 6.45) is 0.856. The zero-order valence-corrected chi connectivity index (χ0v) is 9.82. The number of hydrogen-bond donors (Lipinski definition) is 3. The molecule has 0 spiro atoms. The van der Waals surface area contributed by atoms with Gasteiger partial charge in [-0.1, -0.05) is 0 Å². The third-order valence-electron chi connectivity index (χ3n) is 2.32. The molecule has 0 aliphatic carbocycles. The Morgan fingerprint density at radius 1 is 1.24 bits per heavy atom. The smallest absolute Gasteiger partial charge is 0.251 e. The van der Waals surface area contributed by atoms with Crippen molar-refractivity contribution in [3.05, 3.63) is 29.8 Å². The predicted molar refractivity (Wildman–Crippen MR) is 66.8 cm³/mol. The zero-order valence-electron chi connectivity index (χ0n) is 9.82. The highest BCUT2D eigenvalue weighted by Crippen LogP contribution is 2.08. The van der Waals surface area contributed by atoms with Gasteiger partial charge in [-0.3, -0.25) is 9.59 Å². The van der Waals surface area contributed by atoms with E-state index in [4.69, 9.17) is 5.73 Å². The van der Waals surface area contributed by atoms with E-state index in [1.54, 1.807) is 12.1 Å². The Morgan fingerprint density at radius 2 is 1.88 bits per heavy atom. The van der Waals surface area contributed by atoms with Gasteiger partial charge in [0.25, 0.3) is 5.91 Å². The van der Waals surface area contributed by atoms with Gasteiger partial charge in [0.1, 0.15) is 0 Å². The van der Waals surface area contributed by atoms with Crippen LogP contribution in [-0.2, 0) is 4.79 Å². The van der Waals surface area contributed by atoms with Crippen molar-refractivity contribution in [3.63, 3.8) is 0 Å². The third kappa shape index (κ3) is 4.55. The van der Waals surface area contributed by atoms with Gasteiger partial charge < -0.3 is 16.4 Å². The Labute approximate surface area is 100 Å². The monoisotopic (exact) mass is 235 g/mol. The lowest BCUT2D eigenvalue weighted by Gasteiger charge is -2.05. The number of nitrogens with one attached hydrogen (secondary N) is 2. The lowest BCUT2D eigenvalue weighted by atomic mass is 10.2. The summed E-state index contributed by atoms with van der Waals surface area (Å²) < 4.78 is 0. The van der Waals surface area contributed by atoms with Crippen molar-refractivity contribution >= 4 is 17.5 Å². The van der Waals surface area contributed by atoms with E-state index in [0.29, 0.717) is 24.9 Å². The maximum atomic E-state index is 11.6. The topological polar surface area (TPSA) is 84.2 Å². The molecule has 0 atom stereocenters. The number of primary amides is 1. The summed E-state index contributed by atoms with van der Waals surface area (Å²) in [6.45, 7) is 0.454. The lowest BCUT2D eigenvalue weighted by Crippen LogP contribution is -2.25. The molecule has 0 unspecified atom stereocenters. The van der Waals surface area contributed by atoms with Gasteiger partial charge in [0.05, 0.1) is 0 Å². The van der Waals surface area contributed by atoms with Crippen LogP contribution in [0.4, 0.5) is 5.69 Å². The molecule has 0 fully saturated rings. The minimum Gasteiger partial charge on any atom is -0.388 e. The maximum absolute atomic E-state index is 11.6. The Kier molecular flexibility index (Phi) is 5.00. The van der Waals surface area contributed by atoms with Crippen molar-refractivity contribution < 1.29 is 9.59 Å². The molecule has 2 amide bonds. The van der Waals surface area contributed by atoms with E-state index in [1.165, 1.54) is 0 Å². The highest BCUT2D eigenvalue weighted by molar-refractivity contribution is 5.94. The number of carbonyl (C=O) groups excluding carboxylic acids is 2. The van der Waals surface area contributed by atoms with Crippen LogP contribution in [0.5, 0.6) is 0 Å². The van der Waals surface area contributed by atoms with E-state index in [2.05, 4.69) is 10.6 Å². The first-order chi connectivity index (χ1) is 8.13. The standard InChI is InChI=1S/C12H17N3O2/c1-14-10-6-4-9(5-7-10)12(17)15-8-2-3-11(13)16/h4-7,14H,2-3,8H2,1H3,(H2,13,16)(H,15,17). The first kappa shape index (κ1) is 13.0. The summed E-state index contributed by atoms with van der Waals surface area (Å²) >= 11 is 0. The molecule has 4 N–H and O–H groups in total. The molecule has 0 aliphatic rings. The summed E-state index contributed by atoms with van der Waals surface area (Å²) in [4.78, 5) is 22.1. The SMILES string of the molecule is CNc1ccc(C(=O)NCCCC(N)=O)cc1. The fourth-order valence-electron chi connectivity index (χ4n) is 1.35. The number of rotatable bonds is 6. The average molecular weight is 235 g/mol. The molecule has 0 saturated carbocycles. The molecule has 5 nitrogen and oxygen atoms in total. The van der Waals surface area contributed by atoms with Crippen LogP contribution in [0.1, 0.15) is 23.2 Å². The van der Waals surface area contributed by atoms with Crippen LogP contribution < -0.4 is 16.4 Å². The maximum Gasteiger partial charge on any atom is 0.251 e. The van der Waals surface area contributed by atoms with Gasteiger partial charge in [-0.05, 0) is 30.7 Å². The second-order valence-corrected chi connectivity index (χ2v) is 3.65. The molecular weight excluding hydrogens is 218 g/mol. The lowest BCUT2D eigenvalue weighted by molar-refractivity contribution is -0.118. The zero-order chi connectivity index (χ0) is 12.7. The molecule has 1 aromatic rings. The molecule has 0 bridgehead atoms. The Hall–Kier alpha value is -2.04. The molecule has 1 aromatic carbocycles. The number of nitrogens with two attached hydrogens (primary N) is 1. The van der Waals surface area contributed by atoms with E-state index in [0.717, 1.165) is 5.69 Å². The third-order valence-corrected chi connectivity index (χ3v) is 2.32. The Morgan fingerprint density at radius 3 is 2.41 bits per heavy atom. The number of carbonyl (C=O) groups is 2. The van der Waals surface area contributed by atoms with Crippen molar-refractivity contribution in [2.24, 2.45) is 5.73 Å². The summed E-state index contributed by atoms with van der Waals surface area (Å²) in [5.41, 5.74) is 6.55. The fourth-order valence-corrected chi connectivity index (χ4v) is 1.35. The minimum absolute atomic E-state index is 0.142. The molecule has 0 heterocycles. The van der Waals surface area contributed by atoms with Crippen LogP contribution in [0, 0.1) is 0 Å². The van der Waals surface area contributed by atoms with Gasteiger partial charge in [-0.15, -0.1) is 0 Å². The summed E-state index contributed by atoms with van der Waals surface area (Å²) in [5, 5.41) is 5.70. The first-order valence-corrected chi connectivity index (χ1v) is 5.48. The second-order valence-electron chi connectivity index (χ2n) is 3.65. The second kappa shape index (κ2) is 6.52. The number of hydrogen-bond acceptors (Lipinski definition) is 3. The van der Waals surface area contributed by atoms with E-state index in [1.807, 2.05) is 19.2 Å². The predicted octanol–water partition coefficient (Wildman–Crippen LogP) is 0.724. The fraction of sp³-hybridized carbons (Fsp3) is 0.333. The molecule has 1 rings (SSSR count). The quantitative estimate of drug-likeness (QED) is 0.635. The van der Waals surface area contributed by atoms with Crippen LogP contribution in [0.3, 0.4) is 0 Å². The molecule has 17 heavy (non-hydrogen) atoms. The van der Waals surface area contributed by atoms with Gasteiger partial charge in [0.15, 0.2) is 0 Å². The largest absolute Gasteiger partial charge is 0.388 e. The summed E-state index contributed by atoms with van der Waals surface area (Å²) in [5.74, 6) is -0.491. The highest BCUT2D eigenvalue weighted by Gasteiger charge is 2.04. The van der Waals surface area contributed by atoms with Crippen LogP contribution in [-0.4, -0.2) is 25.4 Å².